The molecule has 0 aromatic carbocycles. The van der Waals surface area contributed by atoms with Crippen molar-refractivity contribution in [3.05, 3.63) is 22.4 Å². The van der Waals surface area contributed by atoms with E-state index < -0.39 is 12.6 Å². The molecule has 0 aliphatic carbocycles. The molecule has 0 aliphatic rings. The summed E-state index contributed by atoms with van der Waals surface area (Å²) in [5.41, 5.74) is 1.18. The van der Waals surface area contributed by atoms with Crippen LogP contribution in [0.15, 0.2) is 16.8 Å². The Morgan fingerprint density at radius 2 is 2.25 bits per heavy atom. The maximum absolute atomic E-state index is 11.1. The molecule has 0 radical (unpaired) electrons. The SMILES string of the molecule is O=C(O)COCC(=O)NCCc1ccsc1. The molecule has 0 saturated carbocycles. The van der Waals surface area contributed by atoms with Gasteiger partial charge in [0.1, 0.15) is 13.2 Å². The second-order valence-corrected chi connectivity index (χ2v) is 3.90. The van der Waals surface area contributed by atoms with Crippen LogP contribution in [0.3, 0.4) is 0 Å². The Morgan fingerprint density at radius 1 is 1.44 bits per heavy atom. The minimum atomic E-state index is -1.08. The second-order valence-electron chi connectivity index (χ2n) is 3.12. The second kappa shape index (κ2) is 6.97. The lowest BCUT2D eigenvalue weighted by molar-refractivity contribution is -0.143. The molecule has 6 heteroatoms. The Labute approximate surface area is 97.0 Å². The monoisotopic (exact) mass is 243 g/mol. The third kappa shape index (κ3) is 5.47. The molecule has 0 aliphatic heterocycles. The molecule has 1 aromatic rings. The first-order valence-electron chi connectivity index (χ1n) is 4.76. The third-order valence-corrected chi connectivity index (χ3v) is 2.51. The Balaban J connectivity index is 2.04. The molecule has 0 bridgehead atoms. The number of carbonyl (C=O) groups is 2. The number of carbonyl (C=O) groups excluding carboxylic acids is 1. The van der Waals surface area contributed by atoms with Gasteiger partial charge >= 0.3 is 5.97 Å². The molecule has 16 heavy (non-hydrogen) atoms. The average Bonchev–Trinajstić information content (AvgIpc) is 2.70. The highest BCUT2D eigenvalue weighted by molar-refractivity contribution is 7.07. The predicted molar refractivity (Wildman–Crippen MR) is 59.5 cm³/mol. The number of hydrogen-bond acceptors (Lipinski definition) is 4. The van der Waals surface area contributed by atoms with Gasteiger partial charge in [-0.15, -0.1) is 0 Å². The molecule has 0 atom stereocenters. The van der Waals surface area contributed by atoms with Gasteiger partial charge in [0.15, 0.2) is 0 Å². The summed E-state index contributed by atoms with van der Waals surface area (Å²) in [7, 11) is 0. The smallest absolute Gasteiger partial charge is 0.329 e. The van der Waals surface area contributed by atoms with Crippen LogP contribution in [0.4, 0.5) is 0 Å². The number of amides is 1. The van der Waals surface area contributed by atoms with Crippen molar-refractivity contribution in [3.63, 3.8) is 0 Å². The number of aliphatic carboxylic acids is 1. The summed E-state index contributed by atoms with van der Waals surface area (Å²) in [5, 5.41) is 14.9. The van der Waals surface area contributed by atoms with Gasteiger partial charge < -0.3 is 15.2 Å². The molecular formula is C10H13NO4S. The molecule has 1 amide bonds. The summed E-state index contributed by atoms with van der Waals surface area (Å²) in [6.45, 7) is -0.125. The standard InChI is InChI=1S/C10H13NO4S/c12-9(5-15-6-10(13)14)11-3-1-8-2-4-16-7-8/h2,4,7H,1,3,5-6H2,(H,11,12)(H,13,14). The maximum Gasteiger partial charge on any atom is 0.329 e. The summed E-state index contributed by atoms with van der Waals surface area (Å²) in [6, 6.07) is 2.00. The minimum absolute atomic E-state index is 0.212. The summed E-state index contributed by atoms with van der Waals surface area (Å²) in [4.78, 5) is 21.2. The van der Waals surface area contributed by atoms with Gasteiger partial charge in [0.05, 0.1) is 0 Å². The van der Waals surface area contributed by atoms with Crippen molar-refractivity contribution in [1.29, 1.82) is 0 Å². The molecule has 88 valence electrons. The van der Waals surface area contributed by atoms with Gasteiger partial charge in [-0.1, -0.05) is 0 Å². The lowest BCUT2D eigenvalue weighted by Crippen LogP contribution is -2.30. The van der Waals surface area contributed by atoms with E-state index in [0.29, 0.717) is 6.54 Å². The zero-order valence-corrected chi connectivity index (χ0v) is 9.46. The highest BCUT2D eigenvalue weighted by Gasteiger charge is 2.03. The van der Waals surface area contributed by atoms with Crippen molar-refractivity contribution < 1.29 is 19.4 Å². The Hall–Kier alpha value is -1.40. The third-order valence-electron chi connectivity index (χ3n) is 1.77. The highest BCUT2D eigenvalue weighted by Crippen LogP contribution is 2.05. The van der Waals surface area contributed by atoms with Crippen molar-refractivity contribution in [2.24, 2.45) is 0 Å². The number of ether oxygens (including phenoxy) is 1. The number of nitrogens with one attached hydrogen (secondary N) is 1. The largest absolute Gasteiger partial charge is 0.480 e. The quantitative estimate of drug-likeness (QED) is 0.731. The van der Waals surface area contributed by atoms with Gasteiger partial charge in [-0.3, -0.25) is 4.79 Å². The van der Waals surface area contributed by atoms with E-state index >= 15 is 0 Å². The van der Waals surface area contributed by atoms with E-state index in [0.717, 1.165) is 6.42 Å². The van der Waals surface area contributed by atoms with Gasteiger partial charge in [0, 0.05) is 6.54 Å². The van der Waals surface area contributed by atoms with Crippen molar-refractivity contribution >= 4 is 23.2 Å². The molecule has 1 rings (SSSR count). The predicted octanol–water partition coefficient (Wildman–Crippen LogP) is 0.508. The minimum Gasteiger partial charge on any atom is -0.480 e. The molecule has 1 aromatic heterocycles. The number of hydrogen-bond donors (Lipinski definition) is 2. The molecule has 5 nitrogen and oxygen atoms in total. The lowest BCUT2D eigenvalue weighted by atomic mass is 10.2. The fraction of sp³-hybridized carbons (Fsp3) is 0.400. The molecular weight excluding hydrogens is 230 g/mol. The summed E-state index contributed by atoms with van der Waals surface area (Å²) < 4.78 is 4.64. The number of rotatable bonds is 7. The maximum atomic E-state index is 11.1. The average molecular weight is 243 g/mol. The van der Waals surface area contributed by atoms with E-state index in [9.17, 15) is 9.59 Å². The highest BCUT2D eigenvalue weighted by atomic mass is 32.1. The lowest BCUT2D eigenvalue weighted by Gasteiger charge is -2.04. The Bertz CT molecular complexity index is 337. The van der Waals surface area contributed by atoms with E-state index in [2.05, 4.69) is 10.1 Å². The first-order chi connectivity index (χ1) is 7.68. The van der Waals surface area contributed by atoms with E-state index in [1.54, 1.807) is 11.3 Å². The first-order valence-corrected chi connectivity index (χ1v) is 5.70. The van der Waals surface area contributed by atoms with E-state index in [1.807, 2.05) is 16.8 Å². The normalized spacial score (nSPS) is 10.0. The van der Waals surface area contributed by atoms with Crippen LogP contribution in [-0.4, -0.2) is 36.7 Å². The Morgan fingerprint density at radius 3 is 2.88 bits per heavy atom. The van der Waals surface area contributed by atoms with Crippen LogP contribution in [0.5, 0.6) is 0 Å². The van der Waals surface area contributed by atoms with Gasteiger partial charge in [-0.25, -0.2) is 4.79 Å². The molecule has 2 N–H and O–H groups in total. The number of carboxylic acids is 1. The van der Waals surface area contributed by atoms with Crippen molar-refractivity contribution in [1.82, 2.24) is 5.32 Å². The van der Waals surface area contributed by atoms with Crippen LogP contribution in [0.1, 0.15) is 5.56 Å². The van der Waals surface area contributed by atoms with E-state index in [4.69, 9.17) is 5.11 Å². The summed E-state index contributed by atoms with van der Waals surface area (Å²) >= 11 is 1.61. The van der Waals surface area contributed by atoms with E-state index in [1.165, 1.54) is 5.56 Å². The number of thiophene rings is 1. The fourth-order valence-corrected chi connectivity index (χ4v) is 1.77. The van der Waals surface area contributed by atoms with Gasteiger partial charge in [0.25, 0.3) is 0 Å². The molecule has 1 heterocycles. The van der Waals surface area contributed by atoms with Crippen LogP contribution >= 0.6 is 11.3 Å². The molecule has 0 spiro atoms. The van der Waals surface area contributed by atoms with Crippen molar-refractivity contribution in [3.8, 4) is 0 Å². The van der Waals surface area contributed by atoms with Crippen molar-refractivity contribution in [2.75, 3.05) is 19.8 Å². The van der Waals surface area contributed by atoms with Crippen molar-refractivity contribution in [2.45, 2.75) is 6.42 Å². The zero-order valence-electron chi connectivity index (χ0n) is 8.64. The van der Waals surface area contributed by atoms with Crippen LogP contribution < -0.4 is 5.32 Å². The van der Waals surface area contributed by atoms with Crippen LogP contribution in [-0.2, 0) is 20.7 Å². The molecule has 0 fully saturated rings. The summed E-state index contributed by atoms with van der Waals surface area (Å²) in [6.07, 6.45) is 0.772. The van der Waals surface area contributed by atoms with Crippen LogP contribution in [0, 0.1) is 0 Å². The number of carboxylic acid groups (broad SMARTS) is 1. The van der Waals surface area contributed by atoms with Gasteiger partial charge in [-0.2, -0.15) is 11.3 Å². The van der Waals surface area contributed by atoms with Crippen LogP contribution in [0.2, 0.25) is 0 Å². The topological polar surface area (TPSA) is 75.6 Å². The fourth-order valence-electron chi connectivity index (χ4n) is 1.06. The molecule has 0 saturated heterocycles. The van der Waals surface area contributed by atoms with Gasteiger partial charge in [-0.05, 0) is 28.8 Å². The first kappa shape index (κ1) is 12.7. The zero-order chi connectivity index (χ0) is 11.8. The Kier molecular flexibility index (Phi) is 5.52. The van der Waals surface area contributed by atoms with Gasteiger partial charge in [0.2, 0.25) is 5.91 Å². The van der Waals surface area contributed by atoms with E-state index in [-0.39, 0.29) is 12.5 Å². The summed E-state index contributed by atoms with van der Waals surface area (Å²) in [5.74, 6) is -1.37. The van der Waals surface area contributed by atoms with Crippen LogP contribution in [0.25, 0.3) is 0 Å². The molecule has 0 unspecified atom stereocenters.